The average Bonchev–Trinajstić information content (AvgIpc) is 2.83. The van der Waals surface area contributed by atoms with Gasteiger partial charge in [-0.15, -0.1) is 0 Å². The monoisotopic (exact) mass is 467 g/mol. The molecule has 1 saturated heterocycles. The van der Waals surface area contributed by atoms with E-state index in [0.29, 0.717) is 26.2 Å². The average molecular weight is 468 g/mol. The molecule has 0 aromatic heterocycles. The second-order valence-corrected chi connectivity index (χ2v) is 9.86. The molecule has 1 fully saturated rings. The molecule has 0 saturated carbocycles. The van der Waals surface area contributed by atoms with Crippen LogP contribution in [-0.2, 0) is 14.8 Å². The Kier molecular flexibility index (Phi) is 6.46. The third-order valence-corrected chi connectivity index (χ3v) is 7.63. The van der Waals surface area contributed by atoms with Gasteiger partial charge in [-0.05, 0) is 48.2 Å². The highest BCUT2D eigenvalue weighted by Gasteiger charge is 2.28. The highest BCUT2D eigenvalue weighted by Crippen LogP contribution is 2.26. The van der Waals surface area contributed by atoms with Crippen molar-refractivity contribution in [2.24, 2.45) is 0 Å². The number of benzene rings is 3. The van der Waals surface area contributed by atoms with Crippen LogP contribution in [0.5, 0.6) is 0 Å². The minimum absolute atomic E-state index is 0.0615. The van der Waals surface area contributed by atoms with Gasteiger partial charge in [0, 0.05) is 31.7 Å². The van der Waals surface area contributed by atoms with Gasteiger partial charge in [0.05, 0.1) is 23.3 Å². The fourth-order valence-electron chi connectivity index (χ4n) is 3.79. The van der Waals surface area contributed by atoms with E-state index >= 15 is 0 Å². The van der Waals surface area contributed by atoms with Crippen molar-refractivity contribution in [1.82, 2.24) is 9.21 Å². The van der Waals surface area contributed by atoms with Crippen molar-refractivity contribution in [3.05, 3.63) is 71.8 Å². The summed E-state index contributed by atoms with van der Waals surface area (Å²) in [7, 11) is -0.494. The zero-order chi connectivity index (χ0) is 23.6. The van der Waals surface area contributed by atoms with E-state index in [1.807, 2.05) is 31.3 Å². The Morgan fingerprint density at radius 1 is 0.909 bits per heavy atom. The van der Waals surface area contributed by atoms with Crippen LogP contribution in [0, 0.1) is 0 Å². The topological polar surface area (TPSA) is 96.0 Å². The van der Waals surface area contributed by atoms with Gasteiger partial charge in [-0.1, -0.05) is 30.3 Å². The molecule has 9 heteroatoms. The van der Waals surface area contributed by atoms with Gasteiger partial charge in [-0.3, -0.25) is 4.79 Å². The first kappa shape index (κ1) is 22.9. The van der Waals surface area contributed by atoms with Gasteiger partial charge in [0.2, 0.25) is 10.0 Å². The Bertz CT molecular complexity index is 1310. The van der Waals surface area contributed by atoms with E-state index in [9.17, 15) is 18.0 Å². The number of amides is 1. The Labute approximate surface area is 192 Å². The second-order valence-electron chi connectivity index (χ2n) is 7.93. The molecule has 8 nitrogen and oxygen atoms in total. The van der Waals surface area contributed by atoms with Crippen LogP contribution in [0.25, 0.3) is 10.8 Å². The molecule has 0 spiro atoms. The predicted molar refractivity (Wildman–Crippen MR) is 126 cm³/mol. The Morgan fingerprint density at radius 2 is 1.58 bits per heavy atom. The number of hydrogen-bond acceptors (Lipinski definition) is 6. The van der Waals surface area contributed by atoms with Crippen molar-refractivity contribution >= 4 is 38.4 Å². The fourth-order valence-corrected chi connectivity index (χ4v) is 5.26. The largest absolute Gasteiger partial charge is 0.465 e. The van der Waals surface area contributed by atoms with Gasteiger partial charge in [-0.2, -0.15) is 4.31 Å². The van der Waals surface area contributed by atoms with E-state index in [-0.39, 0.29) is 21.7 Å². The normalized spacial score (nSPS) is 15.3. The van der Waals surface area contributed by atoms with Crippen LogP contribution >= 0.6 is 0 Å². The fraction of sp³-hybridized carbons (Fsp3) is 0.250. The number of likely N-dealkylation sites (N-methyl/N-ethyl adjacent to an activating group) is 1. The summed E-state index contributed by atoms with van der Waals surface area (Å²) in [6.07, 6.45) is 0. The number of carbonyl (C=O) groups excluding carboxylic acids is 2. The Balaban J connectivity index is 1.63. The number of sulfonamides is 1. The molecule has 3 aromatic carbocycles. The Hall–Kier alpha value is -3.27. The minimum Gasteiger partial charge on any atom is -0.465 e. The van der Waals surface area contributed by atoms with E-state index in [0.717, 1.165) is 10.8 Å². The zero-order valence-corrected chi connectivity index (χ0v) is 19.3. The molecule has 3 aromatic rings. The number of ether oxygens (including phenoxy) is 1. The molecule has 1 heterocycles. The number of anilines is 1. The Morgan fingerprint density at radius 3 is 2.24 bits per heavy atom. The zero-order valence-electron chi connectivity index (χ0n) is 18.4. The molecule has 4 rings (SSSR count). The molecule has 1 aliphatic heterocycles. The highest BCUT2D eigenvalue weighted by atomic mass is 32.2. The van der Waals surface area contributed by atoms with Crippen LogP contribution in [0.2, 0.25) is 0 Å². The summed E-state index contributed by atoms with van der Waals surface area (Å²) in [4.78, 5) is 27.5. The number of piperazine rings is 1. The number of esters is 1. The first-order chi connectivity index (χ1) is 15.8. The van der Waals surface area contributed by atoms with Crippen LogP contribution in [0.1, 0.15) is 20.7 Å². The van der Waals surface area contributed by atoms with Crippen molar-refractivity contribution in [3.8, 4) is 0 Å². The number of nitrogens with one attached hydrogen (secondary N) is 1. The number of hydrogen-bond donors (Lipinski definition) is 1. The standard InChI is InChI=1S/C24H25N3O5S/c1-26-10-12-27(13-11-26)33(30,31)20-9-5-8-19(14-20)23(28)25-22-16-18-7-4-3-6-17(18)15-21(22)24(29)32-2/h3-9,14-16H,10-13H2,1-2H3,(H,25,28). The van der Waals surface area contributed by atoms with Crippen molar-refractivity contribution < 1.29 is 22.7 Å². The van der Waals surface area contributed by atoms with Crippen LogP contribution in [0.4, 0.5) is 5.69 Å². The molecule has 0 unspecified atom stereocenters. The van der Waals surface area contributed by atoms with Crippen molar-refractivity contribution in [3.63, 3.8) is 0 Å². The maximum atomic E-state index is 13.1. The smallest absolute Gasteiger partial charge is 0.339 e. The van der Waals surface area contributed by atoms with E-state index < -0.39 is 21.9 Å². The number of fused-ring (bicyclic) bond motifs is 1. The van der Waals surface area contributed by atoms with Gasteiger partial charge >= 0.3 is 5.97 Å². The summed E-state index contributed by atoms with van der Waals surface area (Å²) >= 11 is 0. The summed E-state index contributed by atoms with van der Waals surface area (Å²) in [6, 6.07) is 16.7. The molecule has 0 atom stereocenters. The number of carbonyl (C=O) groups is 2. The number of methoxy groups -OCH3 is 1. The summed E-state index contributed by atoms with van der Waals surface area (Å²) in [5.74, 6) is -1.10. The first-order valence-corrected chi connectivity index (χ1v) is 11.9. The lowest BCUT2D eigenvalue weighted by molar-refractivity contribution is 0.0602. The van der Waals surface area contributed by atoms with E-state index in [4.69, 9.17) is 4.74 Å². The SMILES string of the molecule is COC(=O)c1cc2ccccc2cc1NC(=O)c1cccc(S(=O)(=O)N2CCN(C)CC2)c1. The molecular weight excluding hydrogens is 442 g/mol. The molecule has 0 bridgehead atoms. The van der Waals surface area contributed by atoms with E-state index in [2.05, 4.69) is 10.2 Å². The third kappa shape index (κ3) is 4.75. The molecule has 33 heavy (non-hydrogen) atoms. The van der Waals surface area contributed by atoms with Crippen LogP contribution in [-0.4, -0.2) is 69.8 Å². The maximum Gasteiger partial charge on any atom is 0.339 e. The maximum absolute atomic E-state index is 13.1. The van der Waals surface area contributed by atoms with E-state index in [1.54, 1.807) is 18.2 Å². The number of nitrogens with zero attached hydrogens (tertiary/aromatic N) is 2. The lowest BCUT2D eigenvalue weighted by atomic mass is 10.0. The van der Waals surface area contributed by atoms with E-state index in [1.165, 1.54) is 29.6 Å². The quantitative estimate of drug-likeness (QED) is 0.580. The molecule has 1 amide bonds. The second kappa shape index (κ2) is 9.30. The van der Waals surface area contributed by atoms with Crippen molar-refractivity contribution in [1.29, 1.82) is 0 Å². The van der Waals surface area contributed by atoms with Gasteiger partial charge < -0.3 is 15.0 Å². The summed E-state index contributed by atoms with van der Waals surface area (Å²) < 4.78 is 32.4. The summed E-state index contributed by atoms with van der Waals surface area (Å²) in [5, 5.41) is 4.41. The molecule has 0 aliphatic carbocycles. The lowest BCUT2D eigenvalue weighted by Gasteiger charge is -2.31. The molecule has 0 radical (unpaired) electrons. The van der Waals surface area contributed by atoms with Crippen LogP contribution < -0.4 is 5.32 Å². The minimum atomic E-state index is -3.72. The molecule has 172 valence electrons. The van der Waals surface area contributed by atoms with Gasteiger partial charge in [0.1, 0.15) is 0 Å². The lowest BCUT2D eigenvalue weighted by Crippen LogP contribution is -2.47. The van der Waals surface area contributed by atoms with Crippen molar-refractivity contribution in [2.45, 2.75) is 4.90 Å². The van der Waals surface area contributed by atoms with Gasteiger partial charge in [0.25, 0.3) is 5.91 Å². The predicted octanol–water partition coefficient (Wildman–Crippen LogP) is 2.81. The van der Waals surface area contributed by atoms with Crippen LogP contribution in [0.3, 0.4) is 0 Å². The van der Waals surface area contributed by atoms with Gasteiger partial charge in [-0.25, -0.2) is 13.2 Å². The number of rotatable bonds is 5. The van der Waals surface area contributed by atoms with Crippen LogP contribution in [0.15, 0.2) is 65.6 Å². The first-order valence-electron chi connectivity index (χ1n) is 10.5. The van der Waals surface area contributed by atoms with Gasteiger partial charge in [0.15, 0.2) is 0 Å². The molecule has 1 N–H and O–H groups in total. The summed E-state index contributed by atoms with van der Waals surface area (Å²) in [6.45, 7) is 2.10. The highest BCUT2D eigenvalue weighted by molar-refractivity contribution is 7.89. The summed E-state index contributed by atoms with van der Waals surface area (Å²) in [5.41, 5.74) is 0.679. The molecular formula is C24H25N3O5S. The molecule has 1 aliphatic rings. The third-order valence-electron chi connectivity index (χ3n) is 5.74. The van der Waals surface area contributed by atoms with Crippen molar-refractivity contribution in [2.75, 3.05) is 45.7 Å².